The summed E-state index contributed by atoms with van der Waals surface area (Å²) >= 11 is 3.14. The first-order chi connectivity index (χ1) is 15.1. The quantitative estimate of drug-likeness (QED) is 0.382. The summed E-state index contributed by atoms with van der Waals surface area (Å²) in [6, 6.07) is 10.5. The van der Waals surface area contributed by atoms with Crippen LogP contribution in [-0.2, 0) is 0 Å². The third kappa shape index (κ3) is 3.94. The summed E-state index contributed by atoms with van der Waals surface area (Å²) in [4.78, 5) is 21.6. The molecule has 4 aromatic rings. The highest BCUT2D eigenvalue weighted by atomic mass is 32.2. The van der Waals surface area contributed by atoms with Gasteiger partial charge in [-0.1, -0.05) is 61.4 Å². The van der Waals surface area contributed by atoms with Gasteiger partial charge in [0, 0.05) is 17.0 Å². The van der Waals surface area contributed by atoms with Gasteiger partial charge in [0.25, 0.3) is 5.56 Å². The van der Waals surface area contributed by atoms with Crippen molar-refractivity contribution in [2.75, 3.05) is 0 Å². The molecule has 0 bridgehead atoms. The SMILES string of the molecule is Cc1nnc(SC(C)c2nc3scc(-c4ccccc4)c3c(=O)[nH]2)n1C1CCCCC1. The lowest BCUT2D eigenvalue weighted by molar-refractivity contribution is 0.332. The summed E-state index contributed by atoms with van der Waals surface area (Å²) < 4.78 is 2.29. The minimum Gasteiger partial charge on any atom is -0.309 e. The van der Waals surface area contributed by atoms with Crippen molar-refractivity contribution in [2.24, 2.45) is 0 Å². The number of nitrogens with one attached hydrogen (secondary N) is 1. The smallest absolute Gasteiger partial charge is 0.260 e. The van der Waals surface area contributed by atoms with E-state index in [-0.39, 0.29) is 10.8 Å². The fraction of sp³-hybridized carbons (Fsp3) is 0.391. The maximum absolute atomic E-state index is 13.0. The second kappa shape index (κ2) is 8.59. The number of thiophene rings is 1. The molecule has 1 unspecified atom stereocenters. The number of thioether (sulfide) groups is 1. The Balaban J connectivity index is 1.45. The summed E-state index contributed by atoms with van der Waals surface area (Å²) in [7, 11) is 0. The number of fused-ring (bicyclic) bond motifs is 1. The minimum absolute atomic E-state index is 0.0367. The normalized spacial score (nSPS) is 16.1. The molecular formula is C23H25N5OS2. The van der Waals surface area contributed by atoms with Crippen LogP contribution in [0.15, 0.2) is 45.7 Å². The van der Waals surface area contributed by atoms with Crippen molar-refractivity contribution in [3.63, 3.8) is 0 Å². The van der Waals surface area contributed by atoms with E-state index in [9.17, 15) is 4.79 Å². The van der Waals surface area contributed by atoms with Crippen molar-refractivity contribution in [3.05, 3.63) is 57.7 Å². The van der Waals surface area contributed by atoms with E-state index in [1.807, 2.05) is 42.6 Å². The highest BCUT2D eigenvalue weighted by Crippen LogP contribution is 2.38. The molecule has 160 valence electrons. The molecule has 1 saturated carbocycles. The predicted molar refractivity (Wildman–Crippen MR) is 127 cm³/mol. The molecule has 0 saturated heterocycles. The molecule has 1 aliphatic rings. The van der Waals surface area contributed by atoms with E-state index in [4.69, 9.17) is 4.98 Å². The van der Waals surface area contributed by atoms with E-state index in [1.54, 1.807) is 11.8 Å². The Morgan fingerprint density at radius 1 is 1.16 bits per heavy atom. The highest BCUT2D eigenvalue weighted by molar-refractivity contribution is 7.99. The zero-order valence-electron chi connectivity index (χ0n) is 17.7. The number of benzene rings is 1. The van der Waals surface area contributed by atoms with Crippen LogP contribution in [0.2, 0.25) is 0 Å². The first kappa shape index (κ1) is 20.5. The Bertz CT molecular complexity index is 1250. The lowest BCUT2D eigenvalue weighted by Crippen LogP contribution is -2.16. The molecule has 1 atom stereocenters. The molecule has 0 aliphatic heterocycles. The van der Waals surface area contributed by atoms with E-state index in [2.05, 4.69) is 26.7 Å². The van der Waals surface area contributed by atoms with Gasteiger partial charge in [-0.2, -0.15) is 0 Å². The first-order valence-corrected chi connectivity index (χ1v) is 12.5. The van der Waals surface area contributed by atoms with Crippen LogP contribution >= 0.6 is 23.1 Å². The van der Waals surface area contributed by atoms with Crippen LogP contribution in [0.5, 0.6) is 0 Å². The summed E-state index contributed by atoms with van der Waals surface area (Å²) in [6.07, 6.45) is 6.19. The van der Waals surface area contributed by atoms with Crippen molar-refractivity contribution >= 4 is 33.3 Å². The van der Waals surface area contributed by atoms with Gasteiger partial charge in [-0.3, -0.25) is 4.79 Å². The van der Waals surface area contributed by atoms with Crippen molar-refractivity contribution in [2.45, 2.75) is 62.4 Å². The minimum atomic E-state index is -0.0857. The molecule has 0 spiro atoms. The zero-order valence-corrected chi connectivity index (χ0v) is 19.3. The lowest BCUT2D eigenvalue weighted by Gasteiger charge is -2.25. The lowest BCUT2D eigenvalue weighted by atomic mass is 9.95. The topological polar surface area (TPSA) is 76.5 Å². The molecule has 3 aromatic heterocycles. The van der Waals surface area contributed by atoms with Gasteiger partial charge in [0.15, 0.2) is 5.16 Å². The van der Waals surface area contributed by atoms with E-state index < -0.39 is 0 Å². The molecule has 1 aliphatic carbocycles. The number of aromatic nitrogens is 5. The summed E-state index contributed by atoms with van der Waals surface area (Å²) in [5.41, 5.74) is 1.89. The standard InChI is InChI=1S/C23H25N5OS2/c1-14(31-23-27-26-15(2)28(23)17-11-7-4-8-12-17)20-24-21(29)19-18(13-30-22(19)25-20)16-9-5-3-6-10-16/h3,5-6,9-10,13-14,17H,4,7-8,11-12H2,1-2H3,(H,24,25,29). The molecule has 8 heteroatoms. The molecule has 3 heterocycles. The second-order valence-electron chi connectivity index (χ2n) is 8.10. The fourth-order valence-electron chi connectivity index (χ4n) is 4.39. The van der Waals surface area contributed by atoms with Gasteiger partial charge in [-0.05, 0) is 32.3 Å². The molecule has 0 radical (unpaired) electrons. The van der Waals surface area contributed by atoms with Gasteiger partial charge in [0.05, 0.1) is 10.6 Å². The Labute approximate surface area is 189 Å². The number of hydrogen-bond donors (Lipinski definition) is 1. The van der Waals surface area contributed by atoms with Crippen LogP contribution in [0.1, 0.15) is 62.0 Å². The molecule has 1 aromatic carbocycles. The molecule has 6 nitrogen and oxygen atoms in total. The van der Waals surface area contributed by atoms with Gasteiger partial charge < -0.3 is 9.55 Å². The third-order valence-corrected chi connectivity index (χ3v) is 7.93. The Hall–Kier alpha value is -2.45. The second-order valence-corrected chi connectivity index (χ2v) is 10.3. The molecule has 0 amide bonds. The van der Waals surface area contributed by atoms with Crippen LogP contribution in [0.25, 0.3) is 21.3 Å². The third-order valence-electron chi connectivity index (χ3n) is 5.99. The molecule has 5 rings (SSSR count). The van der Waals surface area contributed by atoms with E-state index >= 15 is 0 Å². The van der Waals surface area contributed by atoms with Crippen LogP contribution in [0.4, 0.5) is 0 Å². The van der Waals surface area contributed by atoms with Gasteiger partial charge in [0.1, 0.15) is 16.5 Å². The number of aryl methyl sites for hydroxylation is 1. The Morgan fingerprint density at radius 3 is 2.71 bits per heavy atom. The van der Waals surface area contributed by atoms with Crippen LogP contribution in [0.3, 0.4) is 0 Å². The van der Waals surface area contributed by atoms with Gasteiger partial charge in [-0.15, -0.1) is 21.5 Å². The monoisotopic (exact) mass is 451 g/mol. The van der Waals surface area contributed by atoms with E-state index in [0.29, 0.717) is 17.3 Å². The number of H-pyrrole nitrogens is 1. The van der Waals surface area contributed by atoms with Crippen molar-refractivity contribution in [1.29, 1.82) is 0 Å². The average Bonchev–Trinajstić information content (AvgIpc) is 3.39. The Kier molecular flexibility index (Phi) is 5.67. The largest absolute Gasteiger partial charge is 0.309 e. The van der Waals surface area contributed by atoms with Crippen molar-refractivity contribution < 1.29 is 0 Å². The highest BCUT2D eigenvalue weighted by Gasteiger charge is 2.24. The van der Waals surface area contributed by atoms with Crippen LogP contribution < -0.4 is 5.56 Å². The number of rotatable bonds is 5. The van der Waals surface area contributed by atoms with Gasteiger partial charge in [-0.25, -0.2) is 4.98 Å². The maximum Gasteiger partial charge on any atom is 0.260 e. The number of aromatic amines is 1. The van der Waals surface area contributed by atoms with E-state index in [0.717, 1.165) is 26.9 Å². The van der Waals surface area contributed by atoms with E-state index in [1.165, 1.54) is 43.4 Å². The van der Waals surface area contributed by atoms with Crippen LogP contribution in [-0.4, -0.2) is 24.7 Å². The summed E-state index contributed by atoms with van der Waals surface area (Å²) in [5, 5.41) is 12.4. The van der Waals surface area contributed by atoms with Gasteiger partial charge in [0.2, 0.25) is 0 Å². The Morgan fingerprint density at radius 2 is 1.94 bits per heavy atom. The maximum atomic E-state index is 13.0. The molecule has 31 heavy (non-hydrogen) atoms. The van der Waals surface area contributed by atoms with Crippen LogP contribution in [0, 0.1) is 6.92 Å². The van der Waals surface area contributed by atoms with Crippen molar-refractivity contribution in [3.8, 4) is 11.1 Å². The molecular weight excluding hydrogens is 426 g/mol. The van der Waals surface area contributed by atoms with Crippen molar-refractivity contribution in [1.82, 2.24) is 24.7 Å². The fourth-order valence-corrected chi connectivity index (χ4v) is 6.37. The number of hydrogen-bond acceptors (Lipinski definition) is 6. The summed E-state index contributed by atoms with van der Waals surface area (Å²) in [5.74, 6) is 1.64. The summed E-state index contributed by atoms with van der Waals surface area (Å²) in [6.45, 7) is 4.09. The molecule has 1 N–H and O–H groups in total. The number of nitrogens with zero attached hydrogens (tertiary/aromatic N) is 4. The predicted octanol–water partition coefficient (Wildman–Crippen LogP) is 5.91. The zero-order chi connectivity index (χ0) is 21.4. The first-order valence-electron chi connectivity index (χ1n) is 10.8. The average molecular weight is 452 g/mol. The van der Waals surface area contributed by atoms with Gasteiger partial charge >= 0.3 is 0 Å². The molecule has 1 fully saturated rings.